The lowest BCUT2D eigenvalue weighted by Gasteiger charge is -2.08. The number of hydrogen-bond donors (Lipinski definition) is 1. The van der Waals surface area contributed by atoms with Crippen LogP contribution in [0.3, 0.4) is 0 Å². The number of halogens is 1. The normalized spacial score (nSPS) is 10.5. The monoisotopic (exact) mass is 292 g/mol. The van der Waals surface area contributed by atoms with Crippen LogP contribution in [-0.4, -0.2) is 11.1 Å². The second-order valence-electron chi connectivity index (χ2n) is 4.32. The van der Waals surface area contributed by atoms with Crippen LogP contribution in [0.4, 0.5) is 0 Å². The summed E-state index contributed by atoms with van der Waals surface area (Å²) in [5, 5.41) is 9.20. The van der Waals surface area contributed by atoms with Gasteiger partial charge in [0, 0.05) is 9.79 Å². The van der Waals surface area contributed by atoms with Crippen molar-refractivity contribution in [2.24, 2.45) is 0 Å². The van der Waals surface area contributed by atoms with Crippen LogP contribution in [0.5, 0.6) is 0 Å². The first-order valence-corrected chi connectivity index (χ1v) is 6.95. The van der Waals surface area contributed by atoms with Crippen molar-refractivity contribution in [1.82, 2.24) is 0 Å². The number of hydrogen-bond acceptors (Lipinski definition) is 2. The fourth-order valence-corrected chi connectivity index (χ4v) is 3.04. The average Bonchev–Trinajstić information content (AvgIpc) is 2.33. The van der Waals surface area contributed by atoms with E-state index in [-0.39, 0.29) is 10.6 Å². The third kappa shape index (κ3) is 3.31. The van der Waals surface area contributed by atoms with Gasteiger partial charge >= 0.3 is 5.97 Å². The summed E-state index contributed by atoms with van der Waals surface area (Å²) in [6.45, 7) is 4.10. The van der Waals surface area contributed by atoms with E-state index in [0.29, 0.717) is 0 Å². The van der Waals surface area contributed by atoms with E-state index in [4.69, 9.17) is 16.7 Å². The Labute approximate surface area is 121 Å². The van der Waals surface area contributed by atoms with Crippen molar-refractivity contribution in [1.29, 1.82) is 0 Å². The minimum absolute atomic E-state index is 0.131. The Balaban J connectivity index is 2.31. The van der Waals surface area contributed by atoms with E-state index >= 15 is 0 Å². The van der Waals surface area contributed by atoms with E-state index in [9.17, 15) is 4.79 Å². The van der Waals surface area contributed by atoms with Crippen LogP contribution in [0.1, 0.15) is 21.5 Å². The van der Waals surface area contributed by atoms with Gasteiger partial charge in [-0.25, -0.2) is 4.79 Å². The largest absolute Gasteiger partial charge is 0.478 e. The van der Waals surface area contributed by atoms with E-state index < -0.39 is 5.97 Å². The molecule has 0 saturated carbocycles. The molecule has 0 aliphatic heterocycles. The molecule has 0 heterocycles. The molecule has 1 N–H and O–H groups in total. The van der Waals surface area contributed by atoms with Crippen molar-refractivity contribution in [3.05, 3.63) is 58.1 Å². The molecule has 2 nitrogen and oxygen atoms in total. The number of benzene rings is 2. The minimum atomic E-state index is -1.01. The van der Waals surface area contributed by atoms with Crippen LogP contribution in [0, 0.1) is 13.8 Å². The maximum Gasteiger partial charge on any atom is 0.337 e. The predicted molar refractivity (Wildman–Crippen MR) is 78.5 cm³/mol. The highest BCUT2D eigenvalue weighted by molar-refractivity contribution is 7.99. The third-order valence-electron chi connectivity index (χ3n) is 2.74. The summed E-state index contributed by atoms with van der Waals surface area (Å²) in [7, 11) is 0. The number of carbonyl (C=O) groups is 1. The first-order chi connectivity index (χ1) is 8.97. The summed E-state index contributed by atoms with van der Waals surface area (Å²) in [4.78, 5) is 13.0. The van der Waals surface area contributed by atoms with Crippen molar-refractivity contribution in [2.75, 3.05) is 0 Å². The van der Waals surface area contributed by atoms with Crippen LogP contribution in [0.25, 0.3) is 0 Å². The Morgan fingerprint density at radius 2 is 1.89 bits per heavy atom. The highest BCUT2D eigenvalue weighted by Crippen LogP contribution is 2.33. The molecule has 98 valence electrons. The molecule has 2 rings (SSSR count). The Kier molecular flexibility index (Phi) is 4.17. The summed E-state index contributed by atoms with van der Waals surface area (Å²) in [5.74, 6) is -1.01. The van der Waals surface area contributed by atoms with Crippen LogP contribution in [0.15, 0.2) is 46.2 Å². The van der Waals surface area contributed by atoms with E-state index in [2.05, 4.69) is 25.1 Å². The number of aromatic carboxylic acids is 1. The first-order valence-electron chi connectivity index (χ1n) is 5.75. The van der Waals surface area contributed by atoms with Crippen LogP contribution in [-0.2, 0) is 0 Å². The summed E-state index contributed by atoms with van der Waals surface area (Å²) in [6, 6.07) is 11.3. The molecule has 0 radical (unpaired) electrons. The summed E-state index contributed by atoms with van der Waals surface area (Å²) >= 11 is 7.55. The van der Waals surface area contributed by atoms with Crippen LogP contribution in [0.2, 0.25) is 5.02 Å². The molecule has 0 saturated heterocycles. The van der Waals surface area contributed by atoms with Gasteiger partial charge in [0.15, 0.2) is 0 Å². The number of carboxylic acids is 1. The quantitative estimate of drug-likeness (QED) is 0.882. The van der Waals surface area contributed by atoms with Crippen LogP contribution >= 0.6 is 23.4 Å². The fourth-order valence-electron chi connectivity index (χ4n) is 1.68. The SMILES string of the molecule is Cc1ccc(C)c(Sc2ccc(C(=O)O)c(Cl)c2)c1. The van der Waals surface area contributed by atoms with Crippen molar-refractivity contribution >= 4 is 29.3 Å². The highest BCUT2D eigenvalue weighted by Gasteiger charge is 2.10. The van der Waals surface area contributed by atoms with Crippen molar-refractivity contribution in [3.8, 4) is 0 Å². The van der Waals surface area contributed by atoms with Gasteiger partial charge in [-0.05, 0) is 49.2 Å². The first kappa shape index (κ1) is 14.0. The number of aryl methyl sites for hydroxylation is 2. The molecule has 0 unspecified atom stereocenters. The molecule has 2 aromatic rings. The van der Waals surface area contributed by atoms with Crippen LogP contribution < -0.4 is 0 Å². The Bertz CT molecular complexity index is 638. The molecule has 0 atom stereocenters. The molecule has 0 aliphatic carbocycles. The zero-order valence-corrected chi connectivity index (χ0v) is 12.2. The topological polar surface area (TPSA) is 37.3 Å². The van der Waals surface area contributed by atoms with Gasteiger partial charge < -0.3 is 5.11 Å². The molecule has 0 amide bonds. The lowest BCUT2D eigenvalue weighted by atomic mass is 10.2. The Morgan fingerprint density at radius 3 is 2.53 bits per heavy atom. The lowest BCUT2D eigenvalue weighted by molar-refractivity contribution is 0.0697. The number of carboxylic acid groups (broad SMARTS) is 1. The summed E-state index contributed by atoms with van der Waals surface area (Å²) in [6.07, 6.45) is 0. The second-order valence-corrected chi connectivity index (χ2v) is 5.84. The Hall–Kier alpha value is -1.45. The van der Waals surface area contributed by atoms with Gasteiger partial charge in [0.05, 0.1) is 10.6 Å². The van der Waals surface area contributed by atoms with Gasteiger partial charge in [0.1, 0.15) is 0 Å². The summed E-state index contributed by atoms with van der Waals surface area (Å²) < 4.78 is 0. The maximum atomic E-state index is 10.9. The molecule has 0 aromatic heterocycles. The maximum absolute atomic E-state index is 10.9. The molecule has 0 bridgehead atoms. The molecule has 19 heavy (non-hydrogen) atoms. The van der Waals surface area contributed by atoms with Crippen molar-refractivity contribution in [2.45, 2.75) is 23.6 Å². The van der Waals surface area contributed by atoms with Gasteiger partial charge in [-0.15, -0.1) is 0 Å². The summed E-state index contributed by atoms with van der Waals surface area (Å²) in [5.41, 5.74) is 2.52. The molecule has 0 fully saturated rings. The predicted octanol–water partition coefficient (Wildman–Crippen LogP) is 4.81. The van der Waals surface area contributed by atoms with Gasteiger partial charge in [0.2, 0.25) is 0 Å². The molecular formula is C15H13ClO2S. The van der Waals surface area contributed by atoms with Gasteiger partial charge in [0.25, 0.3) is 0 Å². The molecular weight excluding hydrogens is 280 g/mol. The third-order valence-corrected chi connectivity index (χ3v) is 4.20. The van der Waals surface area contributed by atoms with E-state index in [1.165, 1.54) is 17.2 Å². The zero-order chi connectivity index (χ0) is 14.0. The molecule has 2 aromatic carbocycles. The Morgan fingerprint density at radius 1 is 1.16 bits per heavy atom. The van der Waals surface area contributed by atoms with Crippen molar-refractivity contribution < 1.29 is 9.90 Å². The second kappa shape index (κ2) is 5.68. The standard InChI is InChI=1S/C15H13ClO2S/c1-9-3-4-10(2)14(7-9)19-11-5-6-12(15(17)18)13(16)8-11/h3-8H,1-2H3,(H,17,18). The van der Waals surface area contributed by atoms with E-state index in [0.717, 1.165) is 9.79 Å². The number of rotatable bonds is 3. The van der Waals surface area contributed by atoms with E-state index in [1.54, 1.807) is 23.9 Å². The smallest absolute Gasteiger partial charge is 0.337 e. The zero-order valence-electron chi connectivity index (χ0n) is 10.6. The highest BCUT2D eigenvalue weighted by atomic mass is 35.5. The molecule has 0 aliphatic rings. The van der Waals surface area contributed by atoms with Gasteiger partial charge in [-0.1, -0.05) is 35.5 Å². The van der Waals surface area contributed by atoms with Gasteiger partial charge in [-0.3, -0.25) is 0 Å². The fraction of sp³-hybridized carbons (Fsp3) is 0.133. The molecule has 4 heteroatoms. The van der Waals surface area contributed by atoms with Gasteiger partial charge in [-0.2, -0.15) is 0 Å². The minimum Gasteiger partial charge on any atom is -0.478 e. The molecule has 0 spiro atoms. The average molecular weight is 293 g/mol. The lowest BCUT2D eigenvalue weighted by Crippen LogP contribution is -1.96. The van der Waals surface area contributed by atoms with E-state index in [1.807, 2.05) is 6.92 Å². The van der Waals surface area contributed by atoms with Crippen molar-refractivity contribution in [3.63, 3.8) is 0 Å².